The summed E-state index contributed by atoms with van der Waals surface area (Å²) in [5, 5.41) is 0.704. The molecule has 4 N–H and O–H groups in total. The lowest BCUT2D eigenvalue weighted by Crippen LogP contribution is -2.21. The average Bonchev–Trinajstić information content (AvgIpc) is 3.02. The molecule has 0 aromatic carbocycles. The van der Waals surface area contributed by atoms with Crippen LogP contribution < -0.4 is 16.4 Å². The molecule has 7 heteroatoms. The Morgan fingerprint density at radius 1 is 1.43 bits per heavy atom. The predicted molar refractivity (Wildman–Crippen MR) is 83.8 cm³/mol. The molecule has 6 nitrogen and oxygen atoms in total. The van der Waals surface area contributed by atoms with E-state index in [1.807, 2.05) is 0 Å². The van der Waals surface area contributed by atoms with Crippen LogP contribution >= 0.6 is 11.3 Å². The summed E-state index contributed by atoms with van der Waals surface area (Å²) in [5.41, 5.74) is 11.7. The van der Waals surface area contributed by atoms with Crippen LogP contribution in [0.15, 0.2) is 0 Å². The van der Waals surface area contributed by atoms with Gasteiger partial charge in [0.05, 0.1) is 12.3 Å². The molecule has 1 aromatic heterocycles. The Morgan fingerprint density at radius 3 is 2.67 bits per heavy atom. The first-order valence-corrected chi connectivity index (χ1v) is 7.95. The molecule has 1 unspecified atom stereocenters. The molecule has 21 heavy (non-hydrogen) atoms. The van der Waals surface area contributed by atoms with Crippen molar-refractivity contribution in [3.05, 3.63) is 10.4 Å². The molecular formula is C14H21N3O3S. The Balaban J connectivity index is 2.41. The van der Waals surface area contributed by atoms with Gasteiger partial charge in [0.1, 0.15) is 15.4 Å². The van der Waals surface area contributed by atoms with Crippen molar-refractivity contribution in [1.82, 2.24) is 0 Å². The van der Waals surface area contributed by atoms with Gasteiger partial charge in [-0.15, -0.1) is 11.3 Å². The van der Waals surface area contributed by atoms with Crippen molar-refractivity contribution in [2.45, 2.75) is 26.7 Å². The molecule has 1 amide bonds. The summed E-state index contributed by atoms with van der Waals surface area (Å²) in [6, 6.07) is 0. The fraction of sp³-hybridized carbons (Fsp3) is 0.571. The van der Waals surface area contributed by atoms with Gasteiger partial charge in [-0.1, -0.05) is 13.3 Å². The van der Waals surface area contributed by atoms with Crippen molar-refractivity contribution in [3.8, 4) is 0 Å². The molecule has 1 saturated heterocycles. The summed E-state index contributed by atoms with van der Waals surface area (Å²) in [6.45, 7) is 5.86. The van der Waals surface area contributed by atoms with E-state index in [9.17, 15) is 9.59 Å². The Labute approximate surface area is 128 Å². The van der Waals surface area contributed by atoms with Crippen molar-refractivity contribution in [2.75, 3.05) is 30.3 Å². The molecule has 0 bridgehead atoms. The number of rotatable bonds is 5. The monoisotopic (exact) mass is 311 g/mol. The summed E-state index contributed by atoms with van der Waals surface area (Å²) in [5.74, 6) is -0.505. The van der Waals surface area contributed by atoms with Gasteiger partial charge in [0, 0.05) is 13.1 Å². The highest BCUT2D eigenvalue weighted by molar-refractivity contribution is 7.19. The highest BCUT2D eigenvalue weighted by Gasteiger charge is 2.31. The van der Waals surface area contributed by atoms with Crippen LogP contribution in [0.2, 0.25) is 0 Å². The zero-order valence-corrected chi connectivity index (χ0v) is 13.2. The summed E-state index contributed by atoms with van der Waals surface area (Å²) < 4.78 is 5.06. The van der Waals surface area contributed by atoms with Crippen molar-refractivity contribution in [3.63, 3.8) is 0 Å². The fourth-order valence-electron chi connectivity index (χ4n) is 2.59. The number of amides is 1. The first-order valence-electron chi connectivity index (χ1n) is 7.13. The molecule has 1 aliphatic heterocycles. The van der Waals surface area contributed by atoms with E-state index in [-0.39, 0.29) is 22.7 Å². The van der Waals surface area contributed by atoms with Gasteiger partial charge >= 0.3 is 5.97 Å². The second-order valence-corrected chi connectivity index (χ2v) is 6.12. The number of anilines is 2. The normalized spacial score (nSPS) is 18.0. The second-order valence-electron chi connectivity index (χ2n) is 5.12. The Morgan fingerprint density at radius 2 is 2.14 bits per heavy atom. The van der Waals surface area contributed by atoms with Gasteiger partial charge < -0.3 is 21.1 Å². The number of hydrogen-bond acceptors (Lipinski definition) is 6. The number of esters is 1. The number of carbonyl (C=O) groups is 2. The summed E-state index contributed by atoms with van der Waals surface area (Å²) >= 11 is 1.18. The largest absolute Gasteiger partial charge is 0.462 e. The van der Waals surface area contributed by atoms with Crippen LogP contribution in [-0.2, 0) is 4.74 Å². The number of nitrogens with two attached hydrogens (primary N) is 2. The Bertz CT molecular complexity index is 556. The Hall–Kier alpha value is -1.76. The zero-order chi connectivity index (χ0) is 15.6. The number of nitrogens with zero attached hydrogens (tertiary/aromatic N) is 1. The molecule has 2 heterocycles. The number of primary amides is 1. The maximum absolute atomic E-state index is 12.2. The van der Waals surface area contributed by atoms with E-state index >= 15 is 0 Å². The number of carbonyl (C=O) groups excluding carboxylic acids is 2. The summed E-state index contributed by atoms with van der Waals surface area (Å²) in [4.78, 5) is 26.0. The molecule has 0 spiro atoms. The third kappa shape index (κ3) is 2.97. The number of ether oxygens (including phenoxy) is 1. The van der Waals surface area contributed by atoms with Crippen LogP contribution in [0, 0.1) is 5.92 Å². The molecule has 0 saturated carbocycles. The minimum absolute atomic E-state index is 0.140. The molecule has 0 aliphatic carbocycles. The maximum atomic E-state index is 12.2. The lowest BCUT2D eigenvalue weighted by molar-refractivity contribution is 0.0529. The van der Waals surface area contributed by atoms with Crippen molar-refractivity contribution in [2.24, 2.45) is 11.7 Å². The van der Waals surface area contributed by atoms with Crippen LogP contribution in [0.25, 0.3) is 0 Å². The fourth-order valence-corrected chi connectivity index (χ4v) is 3.68. The third-order valence-corrected chi connectivity index (χ3v) is 5.06. The van der Waals surface area contributed by atoms with Gasteiger partial charge in [0.25, 0.3) is 5.91 Å². The van der Waals surface area contributed by atoms with E-state index in [2.05, 4.69) is 11.8 Å². The quantitative estimate of drug-likeness (QED) is 0.808. The molecule has 2 rings (SSSR count). The standard InChI is InChI=1S/C14H21N3O3S/c1-3-8-5-6-17(7-8)13-9(14(19)20-4-2)10(15)11(21-13)12(16)18/h8H,3-7,15H2,1-2H3,(H2,16,18). The van der Waals surface area contributed by atoms with Crippen molar-refractivity contribution in [1.29, 1.82) is 0 Å². The van der Waals surface area contributed by atoms with Gasteiger partial charge in [-0.25, -0.2) is 4.79 Å². The second kappa shape index (κ2) is 6.34. The minimum atomic E-state index is -0.611. The first-order chi connectivity index (χ1) is 9.99. The van der Waals surface area contributed by atoms with Crippen LogP contribution in [0.3, 0.4) is 0 Å². The zero-order valence-electron chi connectivity index (χ0n) is 12.3. The number of nitrogen functional groups attached to an aromatic ring is 1. The van der Waals surface area contributed by atoms with E-state index in [0.29, 0.717) is 10.9 Å². The molecule has 1 fully saturated rings. The predicted octanol–water partition coefficient (Wildman–Crippen LogP) is 1.84. The lowest BCUT2D eigenvalue weighted by atomic mass is 10.1. The highest BCUT2D eigenvalue weighted by atomic mass is 32.1. The molecule has 116 valence electrons. The van der Waals surface area contributed by atoms with Gasteiger partial charge in [0.2, 0.25) is 0 Å². The van der Waals surface area contributed by atoms with Crippen LogP contribution in [0.4, 0.5) is 10.7 Å². The average molecular weight is 311 g/mol. The SMILES string of the molecule is CCOC(=O)c1c(N2CCC(CC)C2)sc(C(N)=O)c1N. The lowest BCUT2D eigenvalue weighted by Gasteiger charge is -2.18. The van der Waals surface area contributed by atoms with E-state index in [0.717, 1.165) is 25.9 Å². The van der Waals surface area contributed by atoms with E-state index < -0.39 is 11.9 Å². The van der Waals surface area contributed by atoms with E-state index in [4.69, 9.17) is 16.2 Å². The maximum Gasteiger partial charge on any atom is 0.343 e. The summed E-state index contributed by atoms with van der Waals surface area (Å²) in [7, 11) is 0. The first kappa shape index (κ1) is 15.6. The van der Waals surface area contributed by atoms with Gasteiger partial charge in [-0.05, 0) is 19.3 Å². The van der Waals surface area contributed by atoms with Gasteiger partial charge in [0.15, 0.2) is 0 Å². The van der Waals surface area contributed by atoms with E-state index in [1.165, 1.54) is 11.3 Å². The molecule has 1 aliphatic rings. The van der Waals surface area contributed by atoms with Crippen LogP contribution in [0.1, 0.15) is 46.7 Å². The van der Waals surface area contributed by atoms with Crippen LogP contribution in [0.5, 0.6) is 0 Å². The smallest absolute Gasteiger partial charge is 0.343 e. The summed E-state index contributed by atoms with van der Waals surface area (Å²) in [6.07, 6.45) is 2.16. The molecule has 0 radical (unpaired) electrons. The molecular weight excluding hydrogens is 290 g/mol. The number of thiophene rings is 1. The van der Waals surface area contributed by atoms with Gasteiger partial charge in [-0.2, -0.15) is 0 Å². The molecule has 1 aromatic rings. The topological polar surface area (TPSA) is 98.6 Å². The molecule has 1 atom stereocenters. The van der Waals surface area contributed by atoms with Crippen molar-refractivity contribution < 1.29 is 14.3 Å². The minimum Gasteiger partial charge on any atom is -0.462 e. The van der Waals surface area contributed by atoms with E-state index in [1.54, 1.807) is 6.92 Å². The number of hydrogen-bond donors (Lipinski definition) is 2. The highest BCUT2D eigenvalue weighted by Crippen LogP contribution is 2.41. The van der Waals surface area contributed by atoms with Crippen molar-refractivity contribution >= 4 is 33.9 Å². The Kier molecular flexibility index (Phi) is 4.72. The van der Waals surface area contributed by atoms with Crippen LogP contribution in [-0.4, -0.2) is 31.6 Å². The van der Waals surface area contributed by atoms with Gasteiger partial charge in [-0.3, -0.25) is 4.79 Å². The third-order valence-electron chi connectivity index (χ3n) is 3.78.